The molecule has 0 aromatic heterocycles. The molecule has 0 bridgehead atoms. The Morgan fingerprint density at radius 2 is 1.80 bits per heavy atom. The monoisotopic (exact) mass is 275 g/mol. The highest BCUT2D eigenvalue weighted by Crippen LogP contribution is 2.13. The Labute approximate surface area is 116 Å². The Morgan fingerprint density at radius 3 is 2.40 bits per heavy atom. The van der Waals surface area contributed by atoms with Crippen LogP contribution >= 0.6 is 0 Å². The minimum atomic E-state index is -0.707. The van der Waals surface area contributed by atoms with Gasteiger partial charge in [0.1, 0.15) is 11.6 Å². The van der Waals surface area contributed by atoms with Gasteiger partial charge in [0.15, 0.2) is 0 Å². The van der Waals surface area contributed by atoms with Crippen LogP contribution in [0.5, 0.6) is 0 Å². The van der Waals surface area contributed by atoms with Crippen LogP contribution in [-0.2, 0) is 17.6 Å². The van der Waals surface area contributed by atoms with E-state index < -0.39 is 11.6 Å². The molecule has 0 saturated carbocycles. The fraction of sp³-hybridized carbons (Fsp3) is 0.188. The van der Waals surface area contributed by atoms with Crippen molar-refractivity contribution < 1.29 is 13.6 Å². The first kappa shape index (κ1) is 14.2. The van der Waals surface area contributed by atoms with Gasteiger partial charge in [0, 0.05) is 11.8 Å². The molecule has 1 N–H and O–H groups in total. The maximum absolute atomic E-state index is 13.4. The van der Waals surface area contributed by atoms with Crippen LogP contribution in [0.1, 0.15) is 18.1 Å². The minimum Gasteiger partial charge on any atom is -0.326 e. The van der Waals surface area contributed by atoms with Gasteiger partial charge in [-0.05, 0) is 35.7 Å². The van der Waals surface area contributed by atoms with Crippen LogP contribution in [0, 0.1) is 11.6 Å². The number of carbonyl (C=O) groups excluding carboxylic acids is 1. The number of hydrogen-bond donors (Lipinski definition) is 1. The number of hydrogen-bond acceptors (Lipinski definition) is 1. The first-order valence-corrected chi connectivity index (χ1v) is 6.41. The molecule has 0 spiro atoms. The van der Waals surface area contributed by atoms with E-state index >= 15 is 0 Å². The summed E-state index contributed by atoms with van der Waals surface area (Å²) in [5, 5.41) is 2.68. The Hall–Kier alpha value is -2.23. The highest BCUT2D eigenvalue weighted by atomic mass is 19.1. The van der Waals surface area contributed by atoms with E-state index in [-0.39, 0.29) is 17.9 Å². The predicted molar refractivity (Wildman–Crippen MR) is 74.5 cm³/mol. The molecule has 2 aromatic rings. The van der Waals surface area contributed by atoms with Crippen molar-refractivity contribution in [3.05, 3.63) is 65.2 Å². The fourth-order valence-electron chi connectivity index (χ4n) is 1.87. The van der Waals surface area contributed by atoms with Crippen molar-refractivity contribution in [3.8, 4) is 0 Å². The summed E-state index contributed by atoms with van der Waals surface area (Å²) in [5.74, 6) is -1.69. The Balaban J connectivity index is 2.01. The molecule has 1 amide bonds. The van der Waals surface area contributed by atoms with Gasteiger partial charge < -0.3 is 5.32 Å². The first-order chi connectivity index (χ1) is 9.58. The molecule has 2 aromatic carbocycles. The van der Waals surface area contributed by atoms with Crippen LogP contribution in [0.2, 0.25) is 0 Å². The Bertz CT molecular complexity index is 608. The molecule has 0 aliphatic rings. The van der Waals surface area contributed by atoms with Crippen LogP contribution in [0.15, 0.2) is 42.5 Å². The van der Waals surface area contributed by atoms with Crippen molar-refractivity contribution >= 4 is 11.6 Å². The van der Waals surface area contributed by atoms with Crippen molar-refractivity contribution in [2.45, 2.75) is 19.8 Å². The Kier molecular flexibility index (Phi) is 4.45. The van der Waals surface area contributed by atoms with Gasteiger partial charge >= 0.3 is 0 Å². The number of anilines is 1. The third-order valence-corrected chi connectivity index (χ3v) is 3.01. The lowest BCUT2D eigenvalue weighted by Crippen LogP contribution is -2.15. The summed E-state index contributed by atoms with van der Waals surface area (Å²) in [6, 6.07) is 10.7. The summed E-state index contributed by atoms with van der Waals surface area (Å²) in [7, 11) is 0. The number of amides is 1. The standard InChI is InChI=1S/C16H15F2NO/c1-2-11-3-7-14(8-4-11)19-16(20)9-12-5-6-13(17)10-15(12)18/h3-8,10H,2,9H2,1H3,(H,19,20). The van der Waals surface area contributed by atoms with E-state index in [1.807, 2.05) is 19.1 Å². The molecule has 0 aliphatic heterocycles. The van der Waals surface area contributed by atoms with Gasteiger partial charge in [0.05, 0.1) is 6.42 Å². The summed E-state index contributed by atoms with van der Waals surface area (Å²) < 4.78 is 26.2. The van der Waals surface area contributed by atoms with Crippen molar-refractivity contribution in [2.24, 2.45) is 0 Å². The number of benzene rings is 2. The molecule has 0 atom stereocenters. The Morgan fingerprint density at radius 1 is 1.10 bits per heavy atom. The van der Waals surface area contributed by atoms with Crippen LogP contribution in [0.4, 0.5) is 14.5 Å². The molecule has 20 heavy (non-hydrogen) atoms. The van der Waals surface area contributed by atoms with E-state index in [2.05, 4.69) is 5.32 Å². The van der Waals surface area contributed by atoms with Gasteiger partial charge in [0.25, 0.3) is 0 Å². The molecule has 0 fully saturated rings. The highest BCUT2D eigenvalue weighted by Gasteiger charge is 2.09. The van der Waals surface area contributed by atoms with E-state index in [0.29, 0.717) is 5.69 Å². The van der Waals surface area contributed by atoms with Gasteiger partial charge in [-0.25, -0.2) is 8.78 Å². The topological polar surface area (TPSA) is 29.1 Å². The normalized spacial score (nSPS) is 10.3. The zero-order chi connectivity index (χ0) is 14.5. The molecule has 2 rings (SSSR count). The summed E-state index contributed by atoms with van der Waals surface area (Å²) in [5.41, 5.74) is 2.01. The van der Waals surface area contributed by atoms with Gasteiger partial charge in [-0.15, -0.1) is 0 Å². The van der Waals surface area contributed by atoms with E-state index in [0.717, 1.165) is 18.6 Å². The van der Waals surface area contributed by atoms with E-state index in [1.54, 1.807) is 12.1 Å². The van der Waals surface area contributed by atoms with Gasteiger partial charge in [0.2, 0.25) is 5.91 Å². The van der Waals surface area contributed by atoms with Crippen LogP contribution in [0.3, 0.4) is 0 Å². The van der Waals surface area contributed by atoms with Crippen molar-refractivity contribution in [3.63, 3.8) is 0 Å². The van der Waals surface area contributed by atoms with Crippen LogP contribution < -0.4 is 5.32 Å². The molecular weight excluding hydrogens is 260 g/mol. The maximum Gasteiger partial charge on any atom is 0.228 e. The molecular formula is C16H15F2NO. The molecule has 0 unspecified atom stereocenters. The summed E-state index contributed by atoms with van der Waals surface area (Å²) in [6.07, 6.45) is 0.802. The summed E-state index contributed by atoms with van der Waals surface area (Å²) >= 11 is 0. The smallest absolute Gasteiger partial charge is 0.228 e. The third kappa shape index (κ3) is 3.63. The zero-order valence-corrected chi connectivity index (χ0v) is 11.1. The molecule has 0 heterocycles. The van der Waals surface area contributed by atoms with Crippen molar-refractivity contribution in [1.82, 2.24) is 0 Å². The molecule has 104 valence electrons. The molecule has 0 aliphatic carbocycles. The highest BCUT2D eigenvalue weighted by molar-refractivity contribution is 5.92. The predicted octanol–water partition coefficient (Wildman–Crippen LogP) is 3.71. The minimum absolute atomic E-state index is 0.123. The molecule has 2 nitrogen and oxygen atoms in total. The zero-order valence-electron chi connectivity index (χ0n) is 11.1. The van der Waals surface area contributed by atoms with Crippen molar-refractivity contribution in [2.75, 3.05) is 5.32 Å². The number of carbonyl (C=O) groups is 1. The number of halogens is 2. The third-order valence-electron chi connectivity index (χ3n) is 3.01. The second-order valence-corrected chi connectivity index (χ2v) is 4.51. The van der Waals surface area contributed by atoms with Gasteiger partial charge in [-0.2, -0.15) is 0 Å². The lowest BCUT2D eigenvalue weighted by atomic mass is 10.1. The number of aryl methyl sites for hydroxylation is 1. The second-order valence-electron chi connectivity index (χ2n) is 4.51. The quantitative estimate of drug-likeness (QED) is 0.905. The summed E-state index contributed by atoms with van der Waals surface area (Å²) in [4.78, 5) is 11.8. The SMILES string of the molecule is CCc1ccc(NC(=O)Cc2ccc(F)cc2F)cc1. The fourth-order valence-corrected chi connectivity index (χ4v) is 1.87. The largest absolute Gasteiger partial charge is 0.326 e. The second kappa shape index (κ2) is 6.28. The van der Waals surface area contributed by atoms with E-state index in [9.17, 15) is 13.6 Å². The van der Waals surface area contributed by atoms with E-state index in [4.69, 9.17) is 0 Å². The van der Waals surface area contributed by atoms with Crippen molar-refractivity contribution in [1.29, 1.82) is 0 Å². The lowest BCUT2D eigenvalue weighted by molar-refractivity contribution is -0.115. The van der Waals surface area contributed by atoms with Crippen LogP contribution in [-0.4, -0.2) is 5.91 Å². The first-order valence-electron chi connectivity index (χ1n) is 6.41. The number of rotatable bonds is 4. The van der Waals surface area contributed by atoms with E-state index in [1.165, 1.54) is 11.6 Å². The average Bonchev–Trinajstić information content (AvgIpc) is 2.43. The molecule has 4 heteroatoms. The number of nitrogens with one attached hydrogen (secondary N) is 1. The van der Waals surface area contributed by atoms with Gasteiger partial charge in [-0.3, -0.25) is 4.79 Å². The van der Waals surface area contributed by atoms with Crippen LogP contribution in [0.25, 0.3) is 0 Å². The lowest BCUT2D eigenvalue weighted by Gasteiger charge is -2.07. The van der Waals surface area contributed by atoms with Gasteiger partial charge in [-0.1, -0.05) is 25.1 Å². The maximum atomic E-state index is 13.4. The average molecular weight is 275 g/mol. The summed E-state index contributed by atoms with van der Waals surface area (Å²) in [6.45, 7) is 2.05. The molecule has 0 radical (unpaired) electrons. The molecule has 0 saturated heterocycles.